The summed E-state index contributed by atoms with van der Waals surface area (Å²) in [7, 11) is 4.67. The summed E-state index contributed by atoms with van der Waals surface area (Å²) in [5.41, 5.74) is 6.32. The molecule has 2 N–H and O–H groups in total. The highest BCUT2D eigenvalue weighted by Gasteiger charge is 2.12. The van der Waals surface area contributed by atoms with Gasteiger partial charge in [0.25, 0.3) is 0 Å². The van der Waals surface area contributed by atoms with Crippen LogP contribution in [0.25, 0.3) is 0 Å². The van der Waals surface area contributed by atoms with E-state index >= 15 is 0 Å². The zero-order chi connectivity index (χ0) is 10.6. The smallest absolute Gasteiger partial charge is 0.203 e. The Morgan fingerprint density at radius 2 is 1.93 bits per heavy atom. The molecule has 0 atom stereocenters. The summed E-state index contributed by atoms with van der Waals surface area (Å²) in [6, 6.07) is 4.76. The van der Waals surface area contributed by atoms with Crippen LogP contribution in [-0.4, -0.2) is 21.3 Å². The van der Waals surface area contributed by atoms with Crippen LogP contribution in [0.5, 0.6) is 17.2 Å². The minimum absolute atomic E-state index is 0.386. The van der Waals surface area contributed by atoms with Gasteiger partial charge in [-0.25, -0.2) is 0 Å². The fourth-order valence-electron chi connectivity index (χ4n) is 1.17. The van der Waals surface area contributed by atoms with Gasteiger partial charge in [0.1, 0.15) is 0 Å². The molecule has 0 fully saturated rings. The number of ether oxygens (including phenoxy) is 3. The van der Waals surface area contributed by atoms with Crippen LogP contribution in [0.2, 0.25) is 0 Å². The predicted octanol–water partition coefficient (Wildman–Crippen LogP) is 0.971. The van der Waals surface area contributed by atoms with E-state index in [1.165, 1.54) is 0 Å². The summed E-state index contributed by atoms with van der Waals surface area (Å²) in [5.74, 6) is 1.64. The molecule has 0 aliphatic rings. The van der Waals surface area contributed by atoms with Crippen LogP contribution in [0.3, 0.4) is 0 Å². The Hall–Kier alpha value is -1.42. The van der Waals surface area contributed by atoms with Crippen molar-refractivity contribution in [3.05, 3.63) is 17.7 Å². The standard InChI is InChI=1S/C10H14NO3/c1-12-8-4-7(6-11)5-9(13-2)10(8)14-3/h4H,6,11H2,1-3H3. The number of hydrogen-bond acceptors (Lipinski definition) is 4. The number of methoxy groups -OCH3 is 3. The van der Waals surface area contributed by atoms with Crippen molar-refractivity contribution < 1.29 is 14.2 Å². The fourth-order valence-corrected chi connectivity index (χ4v) is 1.17. The van der Waals surface area contributed by atoms with E-state index in [-0.39, 0.29) is 0 Å². The Bertz CT molecular complexity index is 287. The van der Waals surface area contributed by atoms with Gasteiger partial charge in [-0.1, -0.05) is 0 Å². The molecule has 1 aromatic rings. The largest absolute Gasteiger partial charge is 0.493 e. The minimum Gasteiger partial charge on any atom is -0.493 e. The molecule has 1 aromatic carbocycles. The van der Waals surface area contributed by atoms with E-state index in [0.29, 0.717) is 23.8 Å². The van der Waals surface area contributed by atoms with E-state index < -0.39 is 0 Å². The molecule has 4 heteroatoms. The Morgan fingerprint density at radius 1 is 1.21 bits per heavy atom. The minimum atomic E-state index is 0.386. The summed E-state index contributed by atoms with van der Waals surface area (Å²) < 4.78 is 15.4. The van der Waals surface area contributed by atoms with Crippen LogP contribution >= 0.6 is 0 Å². The highest BCUT2D eigenvalue weighted by molar-refractivity contribution is 5.52. The summed E-state index contributed by atoms with van der Waals surface area (Å²) >= 11 is 0. The first-order valence-electron chi connectivity index (χ1n) is 4.18. The molecule has 0 saturated heterocycles. The van der Waals surface area contributed by atoms with Gasteiger partial charge < -0.3 is 19.9 Å². The molecule has 1 radical (unpaired) electrons. The van der Waals surface area contributed by atoms with E-state index in [1.54, 1.807) is 27.4 Å². The van der Waals surface area contributed by atoms with Crippen molar-refractivity contribution in [3.63, 3.8) is 0 Å². The van der Waals surface area contributed by atoms with Crippen molar-refractivity contribution in [2.75, 3.05) is 21.3 Å². The summed E-state index contributed by atoms with van der Waals surface area (Å²) in [6.45, 7) is 0.386. The molecular formula is C10H14NO3. The van der Waals surface area contributed by atoms with Gasteiger partial charge >= 0.3 is 0 Å². The van der Waals surface area contributed by atoms with E-state index in [9.17, 15) is 0 Å². The Labute approximate surface area is 83.6 Å². The SMILES string of the molecule is COc1[c]c(CN)cc(OC)c1OC. The highest BCUT2D eigenvalue weighted by Crippen LogP contribution is 2.37. The van der Waals surface area contributed by atoms with Gasteiger partial charge in [-0.05, 0) is 11.6 Å². The molecule has 0 aliphatic carbocycles. The second-order valence-corrected chi connectivity index (χ2v) is 2.63. The Balaban J connectivity index is 3.24. The summed E-state index contributed by atoms with van der Waals surface area (Å²) in [6.07, 6.45) is 0. The third kappa shape index (κ3) is 1.90. The molecular weight excluding hydrogens is 182 g/mol. The van der Waals surface area contributed by atoms with Crippen molar-refractivity contribution >= 4 is 0 Å². The third-order valence-electron chi connectivity index (χ3n) is 1.86. The maximum Gasteiger partial charge on any atom is 0.203 e. The van der Waals surface area contributed by atoms with Crippen LogP contribution in [0.15, 0.2) is 6.07 Å². The molecule has 0 aromatic heterocycles. The lowest BCUT2D eigenvalue weighted by Crippen LogP contribution is -2.01. The molecule has 1 rings (SSSR count). The van der Waals surface area contributed by atoms with Gasteiger partial charge in [-0.2, -0.15) is 0 Å². The van der Waals surface area contributed by atoms with Crippen molar-refractivity contribution in [1.29, 1.82) is 0 Å². The molecule has 4 nitrogen and oxygen atoms in total. The number of rotatable bonds is 4. The molecule has 0 unspecified atom stereocenters. The van der Waals surface area contributed by atoms with Gasteiger partial charge in [-0.15, -0.1) is 0 Å². The predicted molar refractivity (Wildman–Crippen MR) is 52.8 cm³/mol. The molecule has 0 heterocycles. The van der Waals surface area contributed by atoms with E-state index in [4.69, 9.17) is 19.9 Å². The molecule has 77 valence electrons. The van der Waals surface area contributed by atoms with Gasteiger partial charge in [0, 0.05) is 12.6 Å². The lowest BCUT2D eigenvalue weighted by atomic mass is 10.2. The normalized spacial score (nSPS) is 9.71. The topological polar surface area (TPSA) is 53.7 Å². The van der Waals surface area contributed by atoms with E-state index in [2.05, 4.69) is 6.07 Å². The molecule has 0 saturated carbocycles. The molecule has 0 aliphatic heterocycles. The lowest BCUT2D eigenvalue weighted by Gasteiger charge is -2.12. The van der Waals surface area contributed by atoms with Crippen LogP contribution in [0.1, 0.15) is 5.56 Å². The van der Waals surface area contributed by atoms with E-state index in [1.807, 2.05) is 0 Å². The monoisotopic (exact) mass is 196 g/mol. The van der Waals surface area contributed by atoms with Crippen molar-refractivity contribution in [2.24, 2.45) is 5.73 Å². The average molecular weight is 196 g/mol. The van der Waals surface area contributed by atoms with Crippen molar-refractivity contribution in [2.45, 2.75) is 6.54 Å². The molecule has 0 amide bonds. The highest BCUT2D eigenvalue weighted by atomic mass is 16.5. The molecule has 0 spiro atoms. The Morgan fingerprint density at radius 3 is 2.36 bits per heavy atom. The average Bonchev–Trinajstić information content (AvgIpc) is 2.26. The second kappa shape index (κ2) is 4.72. The number of benzene rings is 1. The van der Waals surface area contributed by atoms with Crippen LogP contribution in [0.4, 0.5) is 0 Å². The number of hydrogen-bond donors (Lipinski definition) is 1. The number of nitrogens with two attached hydrogens (primary N) is 1. The van der Waals surface area contributed by atoms with Crippen LogP contribution in [-0.2, 0) is 6.54 Å². The molecule has 14 heavy (non-hydrogen) atoms. The maximum absolute atomic E-state index is 5.51. The zero-order valence-corrected chi connectivity index (χ0v) is 8.59. The second-order valence-electron chi connectivity index (χ2n) is 2.63. The first kappa shape index (κ1) is 10.7. The van der Waals surface area contributed by atoms with Gasteiger partial charge in [0.05, 0.1) is 21.3 Å². The lowest BCUT2D eigenvalue weighted by molar-refractivity contribution is 0.323. The van der Waals surface area contributed by atoms with Crippen LogP contribution < -0.4 is 19.9 Å². The van der Waals surface area contributed by atoms with Crippen molar-refractivity contribution in [3.8, 4) is 17.2 Å². The summed E-state index contributed by atoms with van der Waals surface area (Å²) in [4.78, 5) is 0. The summed E-state index contributed by atoms with van der Waals surface area (Å²) in [5, 5.41) is 0. The molecule has 0 bridgehead atoms. The van der Waals surface area contributed by atoms with Gasteiger partial charge in [-0.3, -0.25) is 0 Å². The maximum atomic E-state index is 5.51. The van der Waals surface area contributed by atoms with Crippen molar-refractivity contribution in [1.82, 2.24) is 0 Å². The quantitative estimate of drug-likeness (QED) is 0.779. The zero-order valence-electron chi connectivity index (χ0n) is 8.59. The first-order valence-corrected chi connectivity index (χ1v) is 4.18. The van der Waals surface area contributed by atoms with E-state index in [0.717, 1.165) is 5.56 Å². The third-order valence-corrected chi connectivity index (χ3v) is 1.86. The Kier molecular flexibility index (Phi) is 3.59. The fraction of sp³-hybridized carbons (Fsp3) is 0.400. The van der Waals surface area contributed by atoms with Gasteiger partial charge in [0.15, 0.2) is 11.5 Å². The first-order chi connectivity index (χ1) is 6.76. The van der Waals surface area contributed by atoms with Crippen LogP contribution in [0, 0.1) is 6.07 Å². The van der Waals surface area contributed by atoms with Gasteiger partial charge in [0.2, 0.25) is 5.75 Å².